The van der Waals surface area contributed by atoms with Crippen LogP contribution in [-0.4, -0.2) is 63.8 Å². The topological polar surface area (TPSA) is 91.4 Å². The number of rotatable bonds is 10. The number of benzene rings is 1. The molecule has 1 amide bonds. The zero-order chi connectivity index (χ0) is 21.1. The van der Waals surface area contributed by atoms with Crippen LogP contribution in [0.1, 0.15) is 18.9 Å². The lowest BCUT2D eigenvalue weighted by Gasteiger charge is -2.18. The fourth-order valence-corrected chi connectivity index (χ4v) is 2.38. The monoisotopic (exact) mass is 413 g/mol. The van der Waals surface area contributed by atoms with E-state index in [0.29, 0.717) is 28.7 Å². The third-order valence-electron chi connectivity index (χ3n) is 3.53. The molecule has 0 aliphatic heterocycles. The zero-order valence-corrected chi connectivity index (χ0v) is 17.1. The molecule has 8 nitrogen and oxygen atoms in total. The Bertz CT molecular complexity index is 715. The number of hydrogen-bond donors (Lipinski definition) is 0. The van der Waals surface area contributed by atoms with Crippen molar-refractivity contribution in [1.82, 2.24) is 4.90 Å². The van der Waals surface area contributed by atoms with Gasteiger partial charge < -0.3 is 23.8 Å². The zero-order valence-electron chi connectivity index (χ0n) is 16.3. The van der Waals surface area contributed by atoms with Gasteiger partial charge in [-0.15, -0.1) is 0 Å². The maximum atomic E-state index is 12.4. The van der Waals surface area contributed by atoms with Gasteiger partial charge in [0.1, 0.15) is 13.1 Å². The van der Waals surface area contributed by atoms with E-state index in [1.165, 1.54) is 33.5 Å². The number of methoxy groups -OCH3 is 3. The number of carbonyl (C=O) groups is 3. The van der Waals surface area contributed by atoms with E-state index in [-0.39, 0.29) is 13.1 Å². The maximum absolute atomic E-state index is 12.4. The molecule has 1 aromatic carbocycles. The molecular formula is C19H24ClNO7. The van der Waals surface area contributed by atoms with Crippen LogP contribution in [-0.2, 0) is 23.9 Å². The molecule has 0 radical (unpaired) electrons. The summed E-state index contributed by atoms with van der Waals surface area (Å²) in [6, 6.07) is 3.27. The fraction of sp³-hybridized carbons (Fsp3) is 0.421. The first-order chi connectivity index (χ1) is 13.4. The van der Waals surface area contributed by atoms with Crippen LogP contribution in [0.15, 0.2) is 18.2 Å². The lowest BCUT2D eigenvalue weighted by Crippen LogP contribution is -2.39. The predicted molar refractivity (Wildman–Crippen MR) is 103 cm³/mol. The molecule has 0 atom stereocenters. The minimum atomic E-state index is -0.659. The molecule has 0 N–H and O–H groups in total. The molecule has 0 aliphatic rings. The molecule has 0 heterocycles. The second kappa shape index (κ2) is 11.9. The highest BCUT2D eigenvalue weighted by molar-refractivity contribution is 6.32. The number of halogens is 1. The largest absolute Gasteiger partial charge is 0.493 e. The van der Waals surface area contributed by atoms with Gasteiger partial charge >= 0.3 is 11.9 Å². The Labute approximate surface area is 168 Å². The molecule has 0 bridgehead atoms. The third-order valence-corrected chi connectivity index (χ3v) is 3.81. The van der Waals surface area contributed by atoms with Gasteiger partial charge in [-0.3, -0.25) is 14.4 Å². The van der Waals surface area contributed by atoms with Crippen molar-refractivity contribution in [2.75, 3.05) is 41.0 Å². The van der Waals surface area contributed by atoms with E-state index in [1.807, 2.05) is 6.92 Å². The van der Waals surface area contributed by atoms with E-state index in [9.17, 15) is 14.4 Å². The first-order valence-electron chi connectivity index (χ1n) is 8.47. The van der Waals surface area contributed by atoms with Crippen molar-refractivity contribution in [1.29, 1.82) is 0 Å². The van der Waals surface area contributed by atoms with Gasteiger partial charge in [0, 0.05) is 6.08 Å². The molecule has 1 rings (SSSR count). The second-order valence-corrected chi connectivity index (χ2v) is 5.97. The molecule has 1 aromatic rings. The SMILES string of the molecule is CCCOc1c(Cl)cc(/C=C/C(=O)N(CC(=O)OC)CC(=O)OC)cc1OC. The summed E-state index contributed by atoms with van der Waals surface area (Å²) in [5, 5.41) is 0.334. The summed E-state index contributed by atoms with van der Waals surface area (Å²) in [5.74, 6) is -1.04. The summed E-state index contributed by atoms with van der Waals surface area (Å²) < 4.78 is 20.0. The molecule has 28 heavy (non-hydrogen) atoms. The number of amides is 1. The Kier molecular flexibility index (Phi) is 9.87. The van der Waals surface area contributed by atoms with Crippen molar-refractivity contribution < 1.29 is 33.3 Å². The quantitative estimate of drug-likeness (QED) is 0.429. The minimum Gasteiger partial charge on any atom is -0.493 e. The van der Waals surface area contributed by atoms with Crippen molar-refractivity contribution >= 4 is 35.5 Å². The Balaban J connectivity index is 3.02. The van der Waals surface area contributed by atoms with Gasteiger partial charge in [-0.2, -0.15) is 0 Å². The molecule has 0 spiro atoms. The first kappa shape index (κ1) is 23.3. The average Bonchev–Trinajstić information content (AvgIpc) is 2.69. The minimum absolute atomic E-state index is 0.334. The molecule has 0 saturated carbocycles. The van der Waals surface area contributed by atoms with Gasteiger partial charge in [0.25, 0.3) is 0 Å². The van der Waals surface area contributed by atoms with Crippen LogP contribution in [0.3, 0.4) is 0 Å². The Hall–Kier alpha value is -2.74. The van der Waals surface area contributed by atoms with E-state index in [0.717, 1.165) is 11.3 Å². The lowest BCUT2D eigenvalue weighted by atomic mass is 10.1. The summed E-state index contributed by atoms with van der Waals surface area (Å²) >= 11 is 6.25. The maximum Gasteiger partial charge on any atom is 0.325 e. The molecule has 0 saturated heterocycles. The summed E-state index contributed by atoms with van der Waals surface area (Å²) in [7, 11) is 3.86. The van der Waals surface area contributed by atoms with Gasteiger partial charge in [0.05, 0.1) is 33.0 Å². The van der Waals surface area contributed by atoms with Crippen LogP contribution in [0.2, 0.25) is 5.02 Å². The number of carbonyl (C=O) groups excluding carboxylic acids is 3. The number of esters is 2. The highest BCUT2D eigenvalue weighted by Crippen LogP contribution is 2.36. The van der Waals surface area contributed by atoms with Gasteiger partial charge in [0.15, 0.2) is 11.5 Å². The van der Waals surface area contributed by atoms with E-state index in [1.54, 1.807) is 12.1 Å². The van der Waals surface area contributed by atoms with Gasteiger partial charge in [-0.25, -0.2) is 0 Å². The number of ether oxygens (including phenoxy) is 4. The van der Waals surface area contributed by atoms with E-state index in [4.69, 9.17) is 21.1 Å². The number of hydrogen-bond acceptors (Lipinski definition) is 7. The second-order valence-electron chi connectivity index (χ2n) is 5.56. The summed E-state index contributed by atoms with van der Waals surface area (Å²) in [5.41, 5.74) is 0.579. The smallest absolute Gasteiger partial charge is 0.325 e. The average molecular weight is 414 g/mol. The van der Waals surface area contributed by atoms with Crippen LogP contribution in [0.5, 0.6) is 11.5 Å². The van der Waals surface area contributed by atoms with Gasteiger partial charge in [-0.1, -0.05) is 18.5 Å². The van der Waals surface area contributed by atoms with E-state index >= 15 is 0 Å². The standard InChI is InChI=1S/C19H24ClNO7/c1-5-8-28-19-14(20)9-13(10-15(19)25-2)6-7-16(22)21(11-17(23)26-3)12-18(24)27-4/h6-7,9-10H,5,8,11-12H2,1-4H3/b7-6+. The van der Waals surface area contributed by atoms with Crippen LogP contribution < -0.4 is 9.47 Å². The molecule has 0 unspecified atom stereocenters. The van der Waals surface area contributed by atoms with Crippen LogP contribution in [0.25, 0.3) is 6.08 Å². The normalized spacial score (nSPS) is 10.5. The van der Waals surface area contributed by atoms with Crippen LogP contribution >= 0.6 is 11.6 Å². The van der Waals surface area contributed by atoms with Crippen LogP contribution in [0.4, 0.5) is 0 Å². The molecule has 0 aliphatic carbocycles. The number of nitrogens with zero attached hydrogens (tertiary/aromatic N) is 1. The van der Waals surface area contributed by atoms with Gasteiger partial charge in [0.2, 0.25) is 5.91 Å². The fourth-order valence-electron chi connectivity index (χ4n) is 2.11. The van der Waals surface area contributed by atoms with Crippen molar-refractivity contribution in [2.24, 2.45) is 0 Å². The Morgan fingerprint density at radius 2 is 1.68 bits per heavy atom. The van der Waals surface area contributed by atoms with E-state index < -0.39 is 17.8 Å². The summed E-state index contributed by atoms with van der Waals surface area (Å²) in [6.07, 6.45) is 3.51. The Morgan fingerprint density at radius 1 is 1.07 bits per heavy atom. The molecule has 0 fully saturated rings. The summed E-state index contributed by atoms with van der Waals surface area (Å²) in [4.78, 5) is 36.4. The van der Waals surface area contributed by atoms with E-state index in [2.05, 4.69) is 9.47 Å². The first-order valence-corrected chi connectivity index (χ1v) is 8.84. The summed E-state index contributed by atoms with van der Waals surface area (Å²) in [6.45, 7) is 1.68. The van der Waals surface area contributed by atoms with Crippen molar-refractivity contribution in [3.63, 3.8) is 0 Å². The van der Waals surface area contributed by atoms with Crippen molar-refractivity contribution in [3.8, 4) is 11.5 Å². The van der Waals surface area contributed by atoms with Crippen LogP contribution in [0, 0.1) is 0 Å². The molecule has 0 aromatic heterocycles. The molecule has 154 valence electrons. The highest BCUT2D eigenvalue weighted by atomic mass is 35.5. The highest BCUT2D eigenvalue weighted by Gasteiger charge is 2.19. The Morgan fingerprint density at radius 3 is 2.18 bits per heavy atom. The lowest BCUT2D eigenvalue weighted by molar-refractivity contribution is -0.150. The van der Waals surface area contributed by atoms with Gasteiger partial charge in [-0.05, 0) is 30.2 Å². The van der Waals surface area contributed by atoms with Crippen molar-refractivity contribution in [3.05, 3.63) is 28.8 Å². The predicted octanol–water partition coefficient (Wildman–Crippen LogP) is 2.33. The third kappa shape index (κ3) is 7.11. The molecule has 9 heteroatoms. The molecular weight excluding hydrogens is 390 g/mol. The van der Waals surface area contributed by atoms with Crippen molar-refractivity contribution in [2.45, 2.75) is 13.3 Å².